The Morgan fingerprint density at radius 3 is 2.70 bits per heavy atom. The van der Waals surface area contributed by atoms with E-state index in [9.17, 15) is 14.0 Å². The van der Waals surface area contributed by atoms with Crippen LogP contribution >= 0.6 is 11.3 Å². The van der Waals surface area contributed by atoms with E-state index < -0.39 is 11.5 Å². The number of benzene rings is 2. The van der Waals surface area contributed by atoms with E-state index in [2.05, 4.69) is 10.3 Å². The van der Waals surface area contributed by atoms with E-state index in [1.165, 1.54) is 23.5 Å². The van der Waals surface area contributed by atoms with E-state index >= 15 is 0 Å². The standard InChI is InChI=1S/C29H34FN3O3S/c1-18(2)15-31-27(34)24-17-37-25(32-24)16-36-22-10-9-19-11-12-33(28(35)29(3,4)5)26(23(19)14-22)20-7-6-8-21(30)13-20/h6-10,13-14,17-18,26H,11-12,15-16H2,1-5H3,(H,31,34)/t26-/m1/s1. The Kier molecular flexibility index (Phi) is 7.97. The molecule has 0 bridgehead atoms. The maximum Gasteiger partial charge on any atom is 0.270 e. The predicted octanol–water partition coefficient (Wildman–Crippen LogP) is 5.77. The van der Waals surface area contributed by atoms with Gasteiger partial charge in [0.15, 0.2) is 0 Å². The van der Waals surface area contributed by atoms with Crippen molar-refractivity contribution in [1.82, 2.24) is 15.2 Å². The smallest absolute Gasteiger partial charge is 0.270 e. The molecule has 0 spiro atoms. The summed E-state index contributed by atoms with van der Waals surface area (Å²) in [6.07, 6.45) is 0.713. The molecule has 2 amide bonds. The fraction of sp³-hybridized carbons (Fsp3) is 0.414. The number of hydrogen-bond acceptors (Lipinski definition) is 5. The molecule has 0 saturated carbocycles. The summed E-state index contributed by atoms with van der Waals surface area (Å²) in [5.41, 5.74) is 2.59. The zero-order valence-corrected chi connectivity index (χ0v) is 22.8. The second kappa shape index (κ2) is 11.0. The average Bonchev–Trinajstić information content (AvgIpc) is 3.33. The minimum atomic E-state index is -0.568. The third kappa shape index (κ3) is 6.36. The summed E-state index contributed by atoms with van der Waals surface area (Å²) < 4.78 is 20.3. The van der Waals surface area contributed by atoms with Crippen molar-refractivity contribution in [3.05, 3.63) is 81.1 Å². The summed E-state index contributed by atoms with van der Waals surface area (Å²) in [4.78, 5) is 31.9. The molecule has 2 heterocycles. The van der Waals surface area contributed by atoms with Crippen LogP contribution in [0, 0.1) is 17.2 Å². The van der Waals surface area contributed by atoms with Gasteiger partial charge in [0.2, 0.25) is 5.91 Å². The van der Waals surface area contributed by atoms with Crippen LogP contribution in [0.5, 0.6) is 5.75 Å². The monoisotopic (exact) mass is 523 g/mol. The van der Waals surface area contributed by atoms with Crippen LogP contribution in [-0.4, -0.2) is 34.8 Å². The van der Waals surface area contributed by atoms with Gasteiger partial charge in [0.25, 0.3) is 5.91 Å². The number of aromatic nitrogens is 1. The summed E-state index contributed by atoms with van der Waals surface area (Å²) in [5.74, 6) is 0.486. The number of nitrogens with one attached hydrogen (secondary N) is 1. The number of carbonyl (C=O) groups is 2. The minimum absolute atomic E-state index is 0.0183. The number of fused-ring (bicyclic) bond motifs is 1. The topological polar surface area (TPSA) is 71.5 Å². The number of thiazole rings is 1. The molecule has 0 aliphatic carbocycles. The van der Waals surface area contributed by atoms with Crippen molar-refractivity contribution >= 4 is 23.2 Å². The highest BCUT2D eigenvalue weighted by atomic mass is 32.1. The molecule has 37 heavy (non-hydrogen) atoms. The largest absolute Gasteiger partial charge is 0.486 e. The molecule has 3 aromatic rings. The van der Waals surface area contributed by atoms with Crippen LogP contribution in [0.1, 0.15) is 72.8 Å². The molecular formula is C29H34FN3O3S. The fourth-order valence-corrected chi connectivity index (χ4v) is 5.07. The number of ether oxygens (including phenoxy) is 1. The molecule has 1 N–H and O–H groups in total. The van der Waals surface area contributed by atoms with Gasteiger partial charge in [-0.05, 0) is 53.3 Å². The predicted molar refractivity (Wildman–Crippen MR) is 143 cm³/mol. The molecule has 0 unspecified atom stereocenters. The Labute approximate surface area is 221 Å². The lowest BCUT2D eigenvalue weighted by molar-refractivity contribution is -0.141. The molecule has 1 aromatic heterocycles. The second-order valence-corrected chi connectivity index (χ2v) is 11.8. The zero-order chi connectivity index (χ0) is 26.7. The van der Waals surface area contributed by atoms with Gasteiger partial charge in [-0.25, -0.2) is 9.37 Å². The average molecular weight is 524 g/mol. The summed E-state index contributed by atoms with van der Waals surface area (Å²) in [5, 5.41) is 5.30. The van der Waals surface area contributed by atoms with Crippen LogP contribution in [-0.2, 0) is 17.8 Å². The normalized spacial score (nSPS) is 15.4. The van der Waals surface area contributed by atoms with E-state index in [1.807, 2.05) is 63.8 Å². The fourth-order valence-electron chi connectivity index (χ4n) is 4.38. The summed E-state index contributed by atoms with van der Waals surface area (Å²) in [6.45, 7) is 11.2. The van der Waals surface area contributed by atoms with Gasteiger partial charge in [-0.15, -0.1) is 11.3 Å². The van der Waals surface area contributed by atoms with Crippen molar-refractivity contribution in [2.24, 2.45) is 11.3 Å². The van der Waals surface area contributed by atoms with E-state index in [0.717, 1.165) is 16.7 Å². The van der Waals surface area contributed by atoms with Gasteiger partial charge in [0.1, 0.15) is 28.9 Å². The van der Waals surface area contributed by atoms with Gasteiger partial charge >= 0.3 is 0 Å². The lowest BCUT2D eigenvalue weighted by Crippen LogP contribution is -2.45. The Bertz CT molecular complexity index is 1280. The number of carbonyl (C=O) groups excluding carboxylic acids is 2. The Morgan fingerprint density at radius 2 is 2.00 bits per heavy atom. The van der Waals surface area contributed by atoms with Gasteiger partial charge in [-0.1, -0.05) is 52.8 Å². The van der Waals surface area contributed by atoms with Crippen molar-refractivity contribution in [3.8, 4) is 5.75 Å². The van der Waals surface area contributed by atoms with Crippen molar-refractivity contribution in [3.63, 3.8) is 0 Å². The van der Waals surface area contributed by atoms with Gasteiger partial charge in [-0.3, -0.25) is 9.59 Å². The van der Waals surface area contributed by atoms with Crippen molar-refractivity contribution in [2.75, 3.05) is 13.1 Å². The van der Waals surface area contributed by atoms with Gasteiger partial charge in [0, 0.05) is 23.9 Å². The SMILES string of the molecule is CC(C)CNC(=O)c1csc(COc2ccc3c(c2)[C@@H](c2cccc(F)c2)N(C(=O)C(C)(C)C)CC3)n1. The molecular weight excluding hydrogens is 489 g/mol. The van der Waals surface area contributed by atoms with E-state index in [-0.39, 0.29) is 24.2 Å². The summed E-state index contributed by atoms with van der Waals surface area (Å²) in [7, 11) is 0. The Morgan fingerprint density at radius 1 is 1.22 bits per heavy atom. The maximum absolute atomic E-state index is 14.2. The van der Waals surface area contributed by atoms with Gasteiger partial charge in [0.05, 0.1) is 6.04 Å². The number of rotatable bonds is 7. The first kappa shape index (κ1) is 26.8. The molecule has 4 rings (SSSR count). The minimum Gasteiger partial charge on any atom is -0.486 e. The molecule has 196 valence electrons. The highest BCUT2D eigenvalue weighted by molar-refractivity contribution is 7.09. The van der Waals surface area contributed by atoms with Gasteiger partial charge in [-0.2, -0.15) is 0 Å². The van der Waals surface area contributed by atoms with Crippen LogP contribution in [0.15, 0.2) is 47.8 Å². The number of hydrogen-bond donors (Lipinski definition) is 1. The first-order valence-electron chi connectivity index (χ1n) is 12.6. The maximum atomic E-state index is 14.2. The van der Waals surface area contributed by atoms with Crippen LogP contribution in [0.4, 0.5) is 4.39 Å². The molecule has 0 saturated heterocycles. The molecule has 1 atom stereocenters. The molecule has 1 aliphatic rings. The quantitative estimate of drug-likeness (QED) is 0.427. The lowest BCUT2D eigenvalue weighted by atomic mass is 9.85. The van der Waals surface area contributed by atoms with Crippen molar-refractivity contribution < 1.29 is 18.7 Å². The number of halogens is 1. The Balaban J connectivity index is 1.57. The molecule has 2 aromatic carbocycles. The highest BCUT2D eigenvalue weighted by Crippen LogP contribution is 2.39. The lowest BCUT2D eigenvalue weighted by Gasteiger charge is -2.41. The molecule has 0 fully saturated rings. The second-order valence-electron chi connectivity index (χ2n) is 10.8. The third-order valence-corrected chi connectivity index (χ3v) is 7.05. The number of nitrogens with zero attached hydrogens (tertiary/aromatic N) is 2. The van der Waals surface area contributed by atoms with E-state index in [1.54, 1.807) is 11.4 Å². The Hall–Kier alpha value is -3.26. The molecule has 8 heteroatoms. The van der Waals surface area contributed by atoms with Crippen LogP contribution in [0.25, 0.3) is 0 Å². The molecule has 1 aliphatic heterocycles. The first-order chi connectivity index (χ1) is 17.5. The van der Waals surface area contributed by atoms with Crippen molar-refractivity contribution in [2.45, 2.75) is 53.7 Å². The highest BCUT2D eigenvalue weighted by Gasteiger charge is 2.37. The van der Waals surface area contributed by atoms with Crippen LogP contribution in [0.3, 0.4) is 0 Å². The third-order valence-electron chi connectivity index (χ3n) is 6.23. The molecule has 0 radical (unpaired) electrons. The van der Waals surface area contributed by atoms with Crippen molar-refractivity contribution in [1.29, 1.82) is 0 Å². The number of amides is 2. The van der Waals surface area contributed by atoms with E-state index in [4.69, 9.17) is 4.74 Å². The van der Waals surface area contributed by atoms with Gasteiger partial charge < -0.3 is 15.0 Å². The zero-order valence-electron chi connectivity index (χ0n) is 22.0. The molecule has 6 nitrogen and oxygen atoms in total. The van der Waals surface area contributed by atoms with Crippen LogP contribution < -0.4 is 10.1 Å². The summed E-state index contributed by atoms with van der Waals surface area (Å²) in [6, 6.07) is 11.9. The summed E-state index contributed by atoms with van der Waals surface area (Å²) >= 11 is 1.37. The first-order valence-corrected chi connectivity index (χ1v) is 13.5. The van der Waals surface area contributed by atoms with E-state index in [0.29, 0.717) is 41.9 Å². The van der Waals surface area contributed by atoms with Crippen LogP contribution in [0.2, 0.25) is 0 Å².